The lowest BCUT2D eigenvalue weighted by molar-refractivity contribution is -0.126. The molecule has 3 heterocycles. The molecule has 0 spiro atoms. The van der Waals surface area contributed by atoms with Gasteiger partial charge < -0.3 is 10.2 Å². The number of hydrogen-bond acceptors (Lipinski definition) is 4. The van der Waals surface area contributed by atoms with Crippen molar-refractivity contribution in [2.45, 2.75) is 38.3 Å². The molecule has 1 saturated heterocycles. The minimum absolute atomic E-state index is 0.000690. The highest BCUT2D eigenvalue weighted by atomic mass is 19.1. The first-order valence-corrected chi connectivity index (χ1v) is 9.45. The van der Waals surface area contributed by atoms with Crippen molar-refractivity contribution in [1.29, 1.82) is 0 Å². The SMILES string of the molecule is Cn1nc2n(c1=O)C[C@H](C(=O)NC1CCN(c3ccccc3F)CC1)CC2. The number of carbonyl (C=O) groups excluding carboxylic acids is 1. The van der Waals surface area contributed by atoms with Crippen molar-refractivity contribution in [2.24, 2.45) is 13.0 Å². The quantitative estimate of drug-likeness (QED) is 0.874. The summed E-state index contributed by atoms with van der Waals surface area (Å²) in [5, 5.41) is 7.33. The van der Waals surface area contributed by atoms with E-state index in [2.05, 4.69) is 10.4 Å². The molecule has 4 rings (SSSR count). The van der Waals surface area contributed by atoms with Crippen LogP contribution in [0.2, 0.25) is 0 Å². The van der Waals surface area contributed by atoms with Gasteiger partial charge in [0, 0.05) is 39.1 Å². The highest BCUT2D eigenvalue weighted by Gasteiger charge is 2.30. The number of piperidine rings is 1. The summed E-state index contributed by atoms with van der Waals surface area (Å²) >= 11 is 0. The minimum Gasteiger partial charge on any atom is -0.369 e. The second kappa shape index (κ2) is 7.17. The van der Waals surface area contributed by atoms with Crippen molar-refractivity contribution in [2.75, 3.05) is 18.0 Å². The van der Waals surface area contributed by atoms with E-state index in [9.17, 15) is 14.0 Å². The summed E-state index contributed by atoms with van der Waals surface area (Å²) in [5.74, 6) is 0.342. The Balaban J connectivity index is 1.33. The Morgan fingerprint density at radius 2 is 1.96 bits per heavy atom. The molecule has 1 aromatic carbocycles. The molecule has 7 nitrogen and oxygen atoms in total. The second-order valence-electron chi connectivity index (χ2n) is 7.39. The van der Waals surface area contributed by atoms with E-state index in [1.807, 2.05) is 11.0 Å². The molecule has 8 heteroatoms. The topological polar surface area (TPSA) is 72.2 Å². The maximum absolute atomic E-state index is 13.9. The summed E-state index contributed by atoms with van der Waals surface area (Å²) in [7, 11) is 1.63. The third-order valence-corrected chi connectivity index (χ3v) is 5.61. The highest BCUT2D eigenvalue weighted by molar-refractivity contribution is 5.79. The number of fused-ring (bicyclic) bond motifs is 1. The van der Waals surface area contributed by atoms with Crippen LogP contribution in [0.4, 0.5) is 10.1 Å². The van der Waals surface area contributed by atoms with Gasteiger partial charge in [-0.05, 0) is 31.4 Å². The molecule has 1 fully saturated rings. The lowest BCUT2D eigenvalue weighted by Crippen LogP contribution is -2.48. The van der Waals surface area contributed by atoms with Crippen LogP contribution in [0, 0.1) is 11.7 Å². The van der Waals surface area contributed by atoms with Gasteiger partial charge in [0.1, 0.15) is 11.6 Å². The van der Waals surface area contributed by atoms with Crippen LogP contribution in [0.25, 0.3) is 0 Å². The van der Waals surface area contributed by atoms with Gasteiger partial charge in [-0.25, -0.2) is 13.9 Å². The van der Waals surface area contributed by atoms with E-state index in [0.29, 0.717) is 38.2 Å². The van der Waals surface area contributed by atoms with Crippen molar-refractivity contribution in [3.63, 3.8) is 0 Å². The summed E-state index contributed by atoms with van der Waals surface area (Å²) in [6.07, 6.45) is 2.91. The lowest BCUT2D eigenvalue weighted by Gasteiger charge is -2.35. The molecule has 2 aliphatic heterocycles. The molecule has 2 aliphatic rings. The van der Waals surface area contributed by atoms with Gasteiger partial charge in [-0.15, -0.1) is 0 Å². The molecule has 0 bridgehead atoms. The number of rotatable bonds is 3. The van der Waals surface area contributed by atoms with Crippen molar-refractivity contribution in [3.8, 4) is 0 Å². The number of benzene rings is 1. The van der Waals surface area contributed by atoms with E-state index < -0.39 is 0 Å². The molecule has 1 aromatic heterocycles. The fourth-order valence-electron chi connectivity index (χ4n) is 4.04. The van der Waals surface area contributed by atoms with Gasteiger partial charge >= 0.3 is 5.69 Å². The van der Waals surface area contributed by atoms with Crippen LogP contribution < -0.4 is 15.9 Å². The number of anilines is 1. The molecule has 0 saturated carbocycles. The lowest BCUT2D eigenvalue weighted by atomic mass is 9.96. The molecule has 1 atom stereocenters. The molecule has 1 amide bonds. The zero-order valence-electron chi connectivity index (χ0n) is 15.4. The van der Waals surface area contributed by atoms with Gasteiger partial charge in [-0.1, -0.05) is 12.1 Å². The predicted molar refractivity (Wildman–Crippen MR) is 99.1 cm³/mol. The fourth-order valence-corrected chi connectivity index (χ4v) is 4.04. The van der Waals surface area contributed by atoms with Gasteiger partial charge in [0.15, 0.2) is 0 Å². The average molecular weight is 373 g/mol. The summed E-state index contributed by atoms with van der Waals surface area (Å²) in [5.41, 5.74) is 0.457. The number of para-hydroxylation sites is 1. The molecule has 0 unspecified atom stereocenters. The number of halogens is 1. The van der Waals surface area contributed by atoms with Gasteiger partial charge in [0.25, 0.3) is 0 Å². The van der Waals surface area contributed by atoms with Gasteiger partial charge in [-0.3, -0.25) is 9.36 Å². The smallest absolute Gasteiger partial charge is 0.345 e. The first-order chi connectivity index (χ1) is 13.0. The zero-order valence-corrected chi connectivity index (χ0v) is 15.4. The number of nitrogens with zero attached hydrogens (tertiary/aromatic N) is 4. The monoisotopic (exact) mass is 373 g/mol. The maximum atomic E-state index is 13.9. The van der Waals surface area contributed by atoms with Crippen molar-refractivity contribution >= 4 is 11.6 Å². The van der Waals surface area contributed by atoms with Gasteiger partial charge in [0.05, 0.1) is 11.6 Å². The van der Waals surface area contributed by atoms with E-state index in [-0.39, 0.29) is 29.4 Å². The summed E-state index contributed by atoms with van der Waals surface area (Å²) in [6, 6.07) is 6.88. The third kappa shape index (κ3) is 3.48. The van der Waals surface area contributed by atoms with Crippen LogP contribution in [-0.4, -0.2) is 39.4 Å². The fraction of sp³-hybridized carbons (Fsp3) is 0.526. The van der Waals surface area contributed by atoms with E-state index in [4.69, 9.17) is 0 Å². The van der Waals surface area contributed by atoms with Crippen LogP contribution in [0.1, 0.15) is 25.1 Å². The predicted octanol–water partition coefficient (Wildman–Crippen LogP) is 1.07. The van der Waals surface area contributed by atoms with E-state index in [1.54, 1.807) is 23.7 Å². The normalized spacial score (nSPS) is 20.4. The van der Waals surface area contributed by atoms with Gasteiger partial charge in [-0.2, -0.15) is 5.10 Å². The largest absolute Gasteiger partial charge is 0.369 e. The summed E-state index contributed by atoms with van der Waals surface area (Å²) < 4.78 is 16.9. The molecular formula is C19H24FN5O2. The Bertz CT molecular complexity index is 898. The molecule has 1 N–H and O–H groups in total. The third-order valence-electron chi connectivity index (χ3n) is 5.61. The Kier molecular flexibility index (Phi) is 4.72. The molecule has 0 radical (unpaired) electrons. The second-order valence-corrected chi connectivity index (χ2v) is 7.39. The number of nitrogens with one attached hydrogen (secondary N) is 1. The Labute approximate surface area is 156 Å². The summed E-state index contributed by atoms with van der Waals surface area (Å²) in [4.78, 5) is 26.8. The first-order valence-electron chi connectivity index (χ1n) is 9.45. The van der Waals surface area contributed by atoms with Crippen molar-refractivity contribution in [3.05, 3.63) is 46.4 Å². The molecule has 2 aromatic rings. The van der Waals surface area contributed by atoms with Crippen LogP contribution >= 0.6 is 0 Å². The molecule has 0 aliphatic carbocycles. The molecule has 27 heavy (non-hydrogen) atoms. The average Bonchev–Trinajstić information content (AvgIpc) is 2.96. The van der Waals surface area contributed by atoms with Crippen molar-refractivity contribution in [1.82, 2.24) is 19.7 Å². The first kappa shape index (κ1) is 17.8. The Hall–Kier alpha value is -2.64. The van der Waals surface area contributed by atoms with E-state index in [1.165, 1.54) is 10.7 Å². The molecular weight excluding hydrogens is 349 g/mol. The minimum atomic E-state index is -0.208. The number of amides is 1. The number of hydrogen-bond donors (Lipinski definition) is 1. The number of aryl methyl sites for hydroxylation is 2. The maximum Gasteiger partial charge on any atom is 0.345 e. The standard InChI is InChI=1S/C19H24FN5O2/c1-23-19(27)25-12-13(6-7-17(25)22-23)18(26)21-14-8-10-24(11-9-14)16-5-3-2-4-15(16)20/h2-5,13-14H,6-12H2,1H3,(H,21,26)/t13-/m1/s1. The van der Waals surface area contributed by atoms with Crippen molar-refractivity contribution < 1.29 is 9.18 Å². The number of carbonyl (C=O) groups is 1. The Morgan fingerprint density at radius 1 is 1.22 bits per heavy atom. The van der Waals surface area contributed by atoms with E-state index >= 15 is 0 Å². The van der Waals surface area contributed by atoms with E-state index in [0.717, 1.165) is 18.7 Å². The van der Waals surface area contributed by atoms with Gasteiger partial charge in [0.2, 0.25) is 5.91 Å². The van der Waals surface area contributed by atoms with Crippen LogP contribution in [0.15, 0.2) is 29.1 Å². The zero-order chi connectivity index (χ0) is 19.0. The summed E-state index contributed by atoms with van der Waals surface area (Å²) in [6.45, 7) is 1.81. The Morgan fingerprint density at radius 3 is 2.70 bits per heavy atom. The van der Waals surface area contributed by atoms with Crippen LogP contribution in [0.3, 0.4) is 0 Å². The van der Waals surface area contributed by atoms with Crippen LogP contribution in [-0.2, 0) is 24.8 Å². The number of aromatic nitrogens is 3. The highest BCUT2D eigenvalue weighted by Crippen LogP contribution is 2.23. The molecule has 144 valence electrons. The van der Waals surface area contributed by atoms with Crippen LogP contribution in [0.5, 0.6) is 0 Å².